The first-order valence-electron chi connectivity index (χ1n) is 6.34. The van der Waals surface area contributed by atoms with Crippen molar-refractivity contribution in [1.82, 2.24) is 9.80 Å². The third kappa shape index (κ3) is 3.96. The summed E-state index contributed by atoms with van der Waals surface area (Å²) in [5.74, 6) is -0.135. The average molecular weight is 242 g/mol. The highest BCUT2D eigenvalue weighted by molar-refractivity contribution is 5.76. The molecule has 1 aliphatic heterocycles. The van der Waals surface area contributed by atoms with Crippen molar-refractivity contribution in [3.63, 3.8) is 0 Å². The molecule has 0 aromatic rings. The highest BCUT2D eigenvalue weighted by Crippen LogP contribution is 2.20. The predicted octanol–water partition coefficient (Wildman–Crippen LogP) is 1.21. The summed E-state index contributed by atoms with van der Waals surface area (Å²) in [6, 6.07) is 0.633. The van der Waals surface area contributed by atoms with Gasteiger partial charge in [-0.2, -0.15) is 0 Å². The van der Waals surface area contributed by atoms with Crippen molar-refractivity contribution < 1.29 is 9.53 Å². The van der Waals surface area contributed by atoms with Crippen LogP contribution in [0.15, 0.2) is 0 Å². The maximum atomic E-state index is 11.6. The predicted molar refractivity (Wildman–Crippen MR) is 68.9 cm³/mol. The van der Waals surface area contributed by atoms with Crippen molar-refractivity contribution in [1.29, 1.82) is 0 Å². The van der Waals surface area contributed by atoms with Gasteiger partial charge in [0.05, 0.1) is 12.5 Å². The number of ether oxygens (including phenoxy) is 1. The molecule has 1 heterocycles. The van der Waals surface area contributed by atoms with Crippen molar-refractivity contribution in [3.8, 4) is 0 Å². The molecule has 0 N–H and O–H groups in total. The monoisotopic (exact) mass is 242 g/mol. The molecule has 0 saturated carbocycles. The number of esters is 1. The third-order valence-corrected chi connectivity index (χ3v) is 3.60. The molecule has 17 heavy (non-hydrogen) atoms. The Balaban J connectivity index is 2.43. The summed E-state index contributed by atoms with van der Waals surface area (Å²) in [5.41, 5.74) is -0.430. The van der Waals surface area contributed by atoms with Crippen LogP contribution in [0.5, 0.6) is 0 Å². The standard InChI is InChI=1S/C13H26N2O2/c1-13(2,12(16)17-5)10-14(3)9-11-7-6-8-15(11)4/h11H,6-10H2,1-5H3. The van der Waals surface area contributed by atoms with Crippen LogP contribution in [0.25, 0.3) is 0 Å². The first kappa shape index (κ1) is 14.5. The van der Waals surface area contributed by atoms with Crippen molar-refractivity contribution in [2.24, 2.45) is 5.41 Å². The van der Waals surface area contributed by atoms with Gasteiger partial charge in [0.1, 0.15) is 0 Å². The van der Waals surface area contributed by atoms with E-state index >= 15 is 0 Å². The second-order valence-electron chi connectivity index (χ2n) is 5.85. The molecule has 1 atom stereocenters. The number of hydrogen-bond donors (Lipinski definition) is 0. The lowest BCUT2D eigenvalue weighted by Crippen LogP contribution is -2.43. The lowest BCUT2D eigenvalue weighted by atomic mass is 9.93. The molecule has 0 bridgehead atoms. The Bertz CT molecular complexity index is 266. The van der Waals surface area contributed by atoms with Crippen molar-refractivity contribution >= 4 is 5.97 Å². The van der Waals surface area contributed by atoms with Gasteiger partial charge in [-0.25, -0.2) is 0 Å². The van der Waals surface area contributed by atoms with E-state index in [1.54, 1.807) is 0 Å². The van der Waals surface area contributed by atoms with Gasteiger partial charge in [0.15, 0.2) is 0 Å². The van der Waals surface area contributed by atoms with Gasteiger partial charge in [-0.05, 0) is 47.3 Å². The number of hydrogen-bond acceptors (Lipinski definition) is 4. The van der Waals surface area contributed by atoms with Crippen molar-refractivity contribution in [2.75, 3.05) is 40.8 Å². The van der Waals surface area contributed by atoms with E-state index in [1.165, 1.54) is 26.5 Å². The lowest BCUT2D eigenvalue weighted by molar-refractivity contribution is -0.151. The lowest BCUT2D eigenvalue weighted by Gasteiger charge is -2.31. The minimum absolute atomic E-state index is 0.135. The van der Waals surface area contributed by atoms with E-state index in [0.29, 0.717) is 6.04 Å². The Labute approximate surface area is 105 Å². The van der Waals surface area contributed by atoms with E-state index in [0.717, 1.165) is 13.1 Å². The molecule has 1 rings (SSSR count). The summed E-state index contributed by atoms with van der Waals surface area (Å²) in [7, 11) is 5.71. The fraction of sp³-hybridized carbons (Fsp3) is 0.923. The number of likely N-dealkylation sites (N-methyl/N-ethyl adjacent to an activating group) is 2. The molecular weight excluding hydrogens is 216 g/mol. The van der Waals surface area contributed by atoms with Gasteiger partial charge in [0.25, 0.3) is 0 Å². The van der Waals surface area contributed by atoms with E-state index in [1.807, 2.05) is 13.8 Å². The van der Waals surface area contributed by atoms with E-state index in [-0.39, 0.29) is 5.97 Å². The maximum absolute atomic E-state index is 11.6. The Morgan fingerprint density at radius 2 is 2.18 bits per heavy atom. The highest BCUT2D eigenvalue weighted by Gasteiger charge is 2.31. The summed E-state index contributed by atoms with van der Waals surface area (Å²) < 4.78 is 4.83. The molecule has 0 aromatic heterocycles. The van der Waals surface area contributed by atoms with E-state index < -0.39 is 5.41 Å². The van der Waals surface area contributed by atoms with Crippen LogP contribution in [0.1, 0.15) is 26.7 Å². The van der Waals surface area contributed by atoms with Crippen LogP contribution in [0.2, 0.25) is 0 Å². The molecule has 0 aromatic carbocycles. The zero-order chi connectivity index (χ0) is 13.1. The molecular formula is C13H26N2O2. The minimum atomic E-state index is -0.430. The van der Waals surface area contributed by atoms with Crippen LogP contribution < -0.4 is 0 Å². The largest absolute Gasteiger partial charge is 0.469 e. The molecule has 4 nitrogen and oxygen atoms in total. The van der Waals surface area contributed by atoms with Gasteiger partial charge < -0.3 is 14.5 Å². The summed E-state index contributed by atoms with van der Waals surface area (Å²) in [6.45, 7) is 6.83. The first-order chi connectivity index (χ1) is 7.86. The number of nitrogens with zero attached hydrogens (tertiary/aromatic N) is 2. The van der Waals surface area contributed by atoms with Crippen LogP contribution in [0.3, 0.4) is 0 Å². The fourth-order valence-electron chi connectivity index (χ4n) is 2.65. The summed E-state index contributed by atoms with van der Waals surface area (Å²) in [6.07, 6.45) is 2.55. The van der Waals surface area contributed by atoms with Gasteiger partial charge in [-0.3, -0.25) is 4.79 Å². The normalized spacial score (nSPS) is 22.1. The first-order valence-corrected chi connectivity index (χ1v) is 6.34. The van der Waals surface area contributed by atoms with Crippen LogP contribution >= 0.6 is 0 Å². The topological polar surface area (TPSA) is 32.8 Å². The quantitative estimate of drug-likeness (QED) is 0.679. The van der Waals surface area contributed by atoms with Crippen LogP contribution in [-0.4, -0.2) is 62.7 Å². The smallest absolute Gasteiger partial charge is 0.312 e. The molecule has 1 aliphatic rings. The molecule has 1 unspecified atom stereocenters. The van der Waals surface area contributed by atoms with E-state index in [2.05, 4.69) is 23.9 Å². The fourth-order valence-corrected chi connectivity index (χ4v) is 2.65. The Kier molecular flexibility index (Phi) is 4.95. The molecule has 4 heteroatoms. The number of rotatable bonds is 5. The number of likely N-dealkylation sites (tertiary alicyclic amines) is 1. The highest BCUT2D eigenvalue weighted by atomic mass is 16.5. The summed E-state index contributed by atoms with van der Waals surface area (Å²) in [4.78, 5) is 16.3. The Hall–Kier alpha value is -0.610. The third-order valence-electron chi connectivity index (χ3n) is 3.60. The SMILES string of the molecule is COC(=O)C(C)(C)CN(C)CC1CCCN1C. The molecule has 100 valence electrons. The average Bonchev–Trinajstić information content (AvgIpc) is 2.62. The number of carbonyl (C=O) groups excluding carboxylic acids is 1. The zero-order valence-electron chi connectivity index (χ0n) is 11.8. The molecule has 0 aliphatic carbocycles. The summed E-state index contributed by atoms with van der Waals surface area (Å²) >= 11 is 0. The Morgan fingerprint density at radius 3 is 2.65 bits per heavy atom. The van der Waals surface area contributed by atoms with Crippen molar-refractivity contribution in [3.05, 3.63) is 0 Å². The van der Waals surface area contributed by atoms with Crippen molar-refractivity contribution in [2.45, 2.75) is 32.7 Å². The van der Waals surface area contributed by atoms with Gasteiger partial charge in [-0.1, -0.05) is 0 Å². The van der Waals surface area contributed by atoms with E-state index in [9.17, 15) is 4.79 Å². The Morgan fingerprint density at radius 1 is 1.53 bits per heavy atom. The summed E-state index contributed by atoms with van der Waals surface area (Å²) in [5, 5.41) is 0. The van der Waals surface area contributed by atoms with Gasteiger partial charge in [0, 0.05) is 19.1 Å². The van der Waals surface area contributed by atoms with Gasteiger partial charge in [-0.15, -0.1) is 0 Å². The maximum Gasteiger partial charge on any atom is 0.312 e. The van der Waals surface area contributed by atoms with Gasteiger partial charge >= 0.3 is 5.97 Å². The second-order valence-corrected chi connectivity index (χ2v) is 5.85. The van der Waals surface area contributed by atoms with Crippen LogP contribution in [0.4, 0.5) is 0 Å². The van der Waals surface area contributed by atoms with E-state index in [4.69, 9.17) is 4.74 Å². The zero-order valence-corrected chi connectivity index (χ0v) is 11.8. The second kappa shape index (κ2) is 5.83. The molecule has 1 saturated heterocycles. The molecule has 0 radical (unpaired) electrons. The molecule has 1 fully saturated rings. The minimum Gasteiger partial charge on any atom is -0.469 e. The van der Waals surface area contributed by atoms with Crippen LogP contribution in [-0.2, 0) is 9.53 Å². The molecule has 0 spiro atoms. The van der Waals surface area contributed by atoms with Gasteiger partial charge in [0.2, 0.25) is 0 Å². The van der Waals surface area contributed by atoms with Crippen LogP contribution in [0, 0.1) is 5.41 Å². The number of methoxy groups -OCH3 is 1. The number of carbonyl (C=O) groups is 1. The molecule has 0 amide bonds.